The average molecular weight is 333 g/mol. The van der Waals surface area contributed by atoms with Gasteiger partial charge in [0.2, 0.25) is 5.91 Å². The number of nitrogens with one attached hydrogen (secondary N) is 2. The van der Waals surface area contributed by atoms with Gasteiger partial charge < -0.3 is 10.6 Å². The first-order valence-electron chi connectivity index (χ1n) is 7.19. The van der Waals surface area contributed by atoms with Crippen LogP contribution in [0.1, 0.15) is 42.4 Å². The number of aromatic nitrogens is 2. The molecule has 1 aromatic carbocycles. The van der Waals surface area contributed by atoms with Crippen LogP contribution in [0.4, 0.5) is 5.69 Å². The van der Waals surface area contributed by atoms with E-state index in [9.17, 15) is 9.59 Å². The summed E-state index contributed by atoms with van der Waals surface area (Å²) in [6.45, 7) is 3.65. The number of amides is 2. The van der Waals surface area contributed by atoms with Crippen LogP contribution in [-0.4, -0.2) is 22.0 Å². The number of anilines is 1. The van der Waals surface area contributed by atoms with E-state index in [1.807, 2.05) is 19.1 Å². The van der Waals surface area contributed by atoms with E-state index in [2.05, 4.69) is 20.8 Å². The Bertz CT molecular complexity index is 686. The molecule has 2 amide bonds. The molecule has 1 heterocycles. The third kappa shape index (κ3) is 4.75. The standard InChI is InChI=1S/C16H17ClN4O2/c1-3-15(22)19-12-6-4-11(5-7-12)10(2)18-16(23)13-8-9-14(17)21-20-13/h4-10H,3H2,1-2H3,(H,18,23)(H,19,22). The van der Waals surface area contributed by atoms with Gasteiger partial charge in [-0.25, -0.2) is 0 Å². The van der Waals surface area contributed by atoms with Crippen molar-refractivity contribution in [3.05, 3.63) is 52.8 Å². The van der Waals surface area contributed by atoms with E-state index in [4.69, 9.17) is 11.6 Å². The highest BCUT2D eigenvalue weighted by Crippen LogP contribution is 2.16. The number of nitrogens with zero attached hydrogens (tertiary/aromatic N) is 2. The fourth-order valence-corrected chi connectivity index (χ4v) is 2.00. The lowest BCUT2D eigenvalue weighted by atomic mass is 10.1. The molecule has 0 aliphatic carbocycles. The van der Waals surface area contributed by atoms with Gasteiger partial charge in [-0.2, -0.15) is 0 Å². The lowest BCUT2D eigenvalue weighted by molar-refractivity contribution is -0.115. The highest BCUT2D eigenvalue weighted by atomic mass is 35.5. The first kappa shape index (κ1) is 16.9. The van der Waals surface area contributed by atoms with Crippen LogP contribution in [0.2, 0.25) is 5.15 Å². The molecular weight excluding hydrogens is 316 g/mol. The molecule has 6 nitrogen and oxygen atoms in total. The van der Waals surface area contributed by atoms with E-state index < -0.39 is 0 Å². The Hall–Kier alpha value is -2.47. The Kier molecular flexibility index (Phi) is 5.65. The lowest BCUT2D eigenvalue weighted by Crippen LogP contribution is -2.27. The van der Waals surface area contributed by atoms with Crippen molar-refractivity contribution in [2.75, 3.05) is 5.32 Å². The van der Waals surface area contributed by atoms with Crippen LogP contribution in [0.15, 0.2) is 36.4 Å². The second-order valence-corrected chi connectivity index (χ2v) is 5.35. The summed E-state index contributed by atoms with van der Waals surface area (Å²) in [7, 11) is 0. The number of rotatable bonds is 5. The summed E-state index contributed by atoms with van der Waals surface area (Å²) >= 11 is 5.64. The fourth-order valence-electron chi connectivity index (χ4n) is 1.90. The van der Waals surface area contributed by atoms with Gasteiger partial charge in [0.25, 0.3) is 5.91 Å². The third-order valence-electron chi connectivity index (χ3n) is 3.23. The van der Waals surface area contributed by atoms with E-state index in [1.165, 1.54) is 12.1 Å². The van der Waals surface area contributed by atoms with Crippen LogP contribution >= 0.6 is 11.6 Å². The molecule has 0 bridgehead atoms. The molecule has 1 unspecified atom stereocenters. The van der Waals surface area contributed by atoms with Gasteiger partial charge in [-0.15, -0.1) is 10.2 Å². The molecule has 2 aromatic rings. The van der Waals surface area contributed by atoms with Gasteiger partial charge >= 0.3 is 0 Å². The topological polar surface area (TPSA) is 84.0 Å². The van der Waals surface area contributed by atoms with Gasteiger partial charge in [0.15, 0.2) is 10.8 Å². The summed E-state index contributed by atoms with van der Waals surface area (Å²) < 4.78 is 0. The van der Waals surface area contributed by atoms with Crippen molar-refractivity contribution in [1.29, 1.82) is 0 Å². The quantitative estimate of drug-likeness (QED) is 0.881. The first-order chi connectivity index (χ1) is 11.0. The van der Waals surface area contributed by atoms with E-state index in [1.54, 1.807) is 19.1 Å². The van der Waals surface area contributed by atoms with Crippen LogP contribution in [0.3, 0.4) is 0 Å². The number of carbonyl (C=O) groups is 2. The van der Waals surface area contributed by atoms with Crippen molar-refractivity contribution >= 4 is 29.1 Å². The molecule has 0 spiro atoms. The molecule has 0 saturated carbocycles. The molecule has 1 aromatic heterocycles. The SMILES string of the molecule is CCC(=O)Nc1ccc(C(C)NC(=O)c2ccc(Cl)nn2)cc1. The van der Waals surface area contributed by atoms with Crippen molar-refractivity contribution in [1.82, 2.24) is 15.5 Å². The summed E-state index contributed by atoms with van der Waals surface area (Å²) in [6, 6.07) is 10.1. The second-order valence-electron chi connectivity index (χ2n) is 4.96. The van der Waals surface area contributed by atoms with Crippen LogP contribution in [0.25, 0.3) is 0 Å². The Morgan fingerprint density at radius 3 is 2.39 bits per heavy atom. The van der Waals surface area contributed by atoms with Crippen molar-refractivity contribution in [3.63, 3.8) is 0 Å². The summed E-state index contributed by atoms with van der Waals surface area (Å²) in [4.78, 5) is 23.4. The van der Waals surface area contributed by atoms with Gasteiger partial charge in [0.1, 0.15) is 0 Å². The normalized spacial score (nSPS) is 11.6. The third-order valence-corrected chi connectivity index (χ3v) is 3.43. The summed E-state index contributed by atoms with van der Waals surface area (Å²) in [6.07, 6.45) is 0.427. The lowest BCUT2D eigenvalue weighted by Gasteiger charge is -2.14. The molecule has 7 heteroatoms. The number of halogens is 1. The van der Waals surface area contributed by atoms with Crippen LogP contribution in [0.5, 0.6) is 0 Å². The average Bonchev–Trinajstić information content (AvgIpc) is 2.55. The van der Waals surface area contributed by atoms with Crippen molar-refractivity contribution in [3.8, 4) is 0 Å². The molecule has 0 fully saturated rings. The van der Waals surface area contributed by atoms with Gasteiger partial charge in [-0.05, 0) is 36.8 Å². The zero-order chi connectivity index (χ0) is 16.8. The van der Waals surface area contributed by atoms with E-state index in [0.717, 1.165) is 11.3 Å². The predicted octanol–water partition coefficient (Wildman–Crippen LogP) is 2.97. The largest absolute Gasteiger partial charge is 0.344 e. The number of benzene rings is 1. The molecule has 1 atom stereocenters. The summed E-state index contributed by atoms with van der Waals surface area (Å²) in [5.41, 5.74) is 1.84. The van der Waals surface area contributed by atoms with E-state index >= 15 is 0 Å². The zero-order valence-electron chi connectivity index (χ0n) is 12.8. The maximum atomic E-state index is 12.1. The highest BCUT2D eigenvalue weighted by molar-refractivity contribution is 6.29. The molecule has 23 heavy (non-hydrogen) atoms. The van der Waals surface area contributed by atoms with Crippen molar-refractivity contribution in [2.45, 2.75) is 26.3 Å². The fraction of sp³-hybridized carbons (Fsp3) is 0.250. The Labute approximate surface area is 139 Å². The van der Waals surface area contributed by atoms with Crippen LogP contribution in [0, 0.1) is 0 Å². The maximum absolute atomic E-state index is 12.1. The van der Waals surface area contributed by atoms with Crippen molar-refractivity contribution < 1.29 is 9.59 Å². The Morgan fingerprint density at radius 2 is 1.83 bits per heavy atom. The highest BCUT2D eigenvalue weighted by Gasteiger charge is 2.13. The number of carbonyl (C=O) groups excluding carboxylic acids is 2. The minimum Gasteiger partial charge on any atom is -0.344 e. The van der Waals surface area contributed by atoms with Gasteiger partial charge in [-0.1, -0.05) is 30.7 Å². The van der Waals surface area contributed by atoms with Crippen LogP contribution in [-0.2, 0) is 4.79 Å². The maximum Gasteiger partial charge on any atom is 0.272 e. The number of hydrogen-bond acceptors (Lipinski definition) is 4. The molecule has 0 aliphatic heterocycles. The summed E-state index contributed by atoms with van der Waals surface area (Å²) in [5.74, 6) is -0.370. The van der Waals surface area contributed by atoms with E-state index in [-0.39, 0.29) is 28.7 Å². The van der Waals surface area contributed by atoms with Crippen molar-refractivity contribution in [2.24, 2.45) is 0 Å². The monoisotopic (exact) mass is 332 g/mol. The minimum atomic E-state index is -0.329. The Balaban J connectivity index is 1.99. The molecule has 0 aliphatic rings. The second kappa shape index (κ2) is 7.69. The van der Waals surface area contributed by atoms with Gasteiger partial charge in [0, 0.05) is 12.1 Å². The number of hydrogen-bond donors (Lipinski definition) is 2. The van der Waals surface area contributed by atoms with E-state index in [0.29, 0.717) is 6.42 Å². The molecule has 0 saturated heterocycles. The Morgan fingerprint density at radius 1 is 1.13 bits per heavy atom. The predicted molar refractivity (Wildman–Crippen MR) is 88.3 cm³/mol. The first-order valence-corrected chi connectivity index (χ1v) is 7.57. The summed E-state index contributed by atoms with van der Waals surface area (Å²) in [5, 5.41) is 13.2. The molecular formula is C16H17ClN4O2. The molecule has 2 N–H and O–H groups in total. The molecule has 2 rings (SSSR count). The van der Waals surface area contributed by atoms with Gasteiger partial charge in [-0.3, -0.25) is 9.59 Å². The van der Waals surface area contributed by atoms with Crippen LogP contribution < -0.4 is 10.6 Å². The van der Waals surface area contributed by atoms with Gasteiger partial charge in [0.05, 0.1) is 6.04 Å². The zero-order valence-corrected chi connectivity index (χ0v) is 13.6. The molecule has 120 valence electrons. The molecule has 0 radical (unpaired) electrons. The smallest absolute Gasteiger partial charge is 0.272 e. The minimum absolute atomic E-state index is 0.0413.